The van der Waals surface area contributed by atoms with Gasteiger partial charge in [0.15, 0.2) is 5.78 Å². The average Bonchev–Trinajstić information content (AvgIpc) is 1.99. The van der Waals surface area contributed by atoms with E-state index in [1.165, 1.54) is 6.92 Å². The number of hydrogen-bond donors (Lipinski definition) is 1. The molecule has 64 valence electrons. The Labute approximate surface area is 79.9 Å². The van der Waals surface area contributed by atoms with Crippen LogP contribution in [0.15, 0.2) is 16.6 Å². The molecule has 1 aromatic rings. The molecule has 12 heavy (non-hydrogen) atoms. The summed E-state index contributed by atoms with van der Waals surface area (Å²) < 4.78 is 0.868. The Morgan fingerprint density at radius 1 is 1.50 bits per heavy atom. The number of carbonyl (C=O) groups excluding carboxylic acids is 1. The van der Waals surface area contributed by atoms with Crippen LogP contribution in [0.2, 0.25) is 0 Å². The molecule has 0 saturated carbocycles. The Balaban J connectivity index is 3.31. The van der Waals surface area contributed by atoms with Crippen molar-refractivity contribution in [3.8, 4) is 0 Å². The van der Waals surface area contributed by atoms with Gasteiger partial charge in [-0.3, -0.25) is 4.79 Å². The van der Waals surface area contributed by atoms with Crippen molar-refractivity contribution in [1.29, 1.82) is 0 Å². The number of halogens is 1. The van der Waals surface area contributed by atoms with Gasteiger partial charge in [-0.1, -0.05) is 0 Å². The summed E-state index contributed by atoms with van der Waals surface area (Å²) >= 11 is 3.33. The highest BCUT2D eigenvalue weighted by molar-refractivity contribution is 9.10. The Kier molecular flexibility index (Phi) is 2.52. The van der Waals surface area contributed by atoms with Crippen LogP contribution in [0.4, 0.5) is 5.69 Å². The van der Waals surface area contributed by atoms with E-state index in [-0.39, 0.29) is 5.78 Å². The Morgan fingerprint density at radius 2 is 2.08 bits per heavy atom. The molecule has 0 bridgehead atoms. The average molecular weight is 228 g/mol. The van der Waals surface area contributed by atoms with E-state index in [9.17, 15) is 4.79 Å². The van der Waals surface area contributed by atoms with Crippen molar-refractivity contribution in [2.75, 3.05) is 5.73 Å². The lowest BCUT2D eigenvalue weighted by atomic mass is 10.1. The quantitative estimate of drug-likeness (QED) is 0.592. The van der Waals surface area contributed by atoms with Gasteiger partial charge in [-0.25, -0.2) is 0 Å². The first kappa shape index (κ1) is 9.26. The zero-order chi connectivity index (χ0) is 9.30. The molecule has 2 N–H and O–H groups in total. The van der Waals surface area contributed by atoms with Gasteiger partial charge < -0.3 is 5.73 Å². The summed E-state index contributed by atoms with van der Waals surface area (Å²) in [6, 6.07) is 3.50. The molecule has 0 aliphatic heterocycles. The fourth-order valence-corrected chi connectivity index (χ4v) is 1.23. The van der Waals surface area contributed by atoms with E-state index in [1.54, 1.807) is 6.07 Å². The zero-order valence-electron chi connectivity index (χ0n) is 7.02. The molecular weight excluding hydrogens is 218 g/mol. The minimum atomic E-state index is 0.0392. The maximum absolute atomic E-state index is 11.0. The van der Waals surface area contributed by atoms with Gasteiger partial charge in [0, 0.05) is 15.7 Å². The van der Waals surface area contributed by atoms with Gasteiger partial charge in [-0.15, -0.1) is 0 Å². The number of rotatable bonds is 1. The summed E-state index contributed by atoms with van der Waals surface area (Å²) in [5.74, 6) is 0.0392. The largest absolute Gasteiger partial charge is 0.398 e. The van der Waals surface area contributed by atoms with Crippen LogP contribution in [0.25, 0.3) is 0 Å². The van der Waals surface area contributed by atoms with E-state index in [0.29, 0.717) is 11.3 Å². The van der Waals surface area contributed by atoms with Crippen LogP contribution in [0.3, 0.4) is 0 Å². The van der Waals surface area contributed by atoms with Crippen LogP contribution >= 0.6 is 15.9 Å². The first-order valence-electron chi connectivity index (χ1n) is 3.59. The first-order valence-corrected chi connectivity index (χ1v) is 4.38. The number of ketones is 1. The minimum absolute atomic E-state index is 0.0392. The molecule has 1 aromatic carbocycles. The fourth-order valence-electron chi connectivity index (χ4n) is 1.00. The Bertz CT molecular complexity index is 310. The van der Waals surface area contributed by atoms with Gasteiger partial charge in [-0.05, 0) is 47.5 Å². The number of anilines is 1. The molecule has 2 nitrogen and oxygen atoms in total. The number of carbonyl (C=O) groups is 1. The van der Waals surface area contributed by atoms with E-state index in [2.05, 4.69) is 15.9 Å². The van der Waals surface area contributed by atoms with E-state index in [1.807, 2.05) is 13.0 Å². The second kappa shape index (κ2) is 3.27. The maximum Gasteiger partial charge on any atom is 0.159 e. The molecule has 1 rings (SSSR count). The number of nitrogen functional groups attached to an aromatic ring is 1. The highest BCUT2D eigenvalue weighted by atomic mass is 79.9. The second-order valence-corrected chi connectivity index (χ2v) is 3.55. The zero-order valence-corrected chi connectivity index (χ0v) is 8.60. The number of aryl methyl sites for hydroxylation is 1. The van der Waals surface area contributed by atoms with Crippen molar-refractivity contribution in [1.82, 2.24) is 0 Å². The van der Waals surface area contributed by atoms with Crippen LogP contribution < -0.4 is 5.73 Å². The highest BCUT2D eigenvalue weighted by Crippen LogP contribution is 2.25. The van der Waals surface area contributed by atoms with Gasteiger partial charge in [0.25, 0.3) is 0 Å². The molecule has 0 amide bonds. The standard InChI is InChI=1S/C9H10BrNO/c1-5-3-7(6(2)12)4-8(11)9(5)10/h3-4H,11H2,1-2H3. The van der Waals surface area contributed by atoms with Gasteiger partial charge >= 0.3 is 0 Å². The molecule has 3 heteroatoms. The third-order valence-electron chi connectivity index (χ3n) is 1.69. The van der Waals surface area contributed by atoms with E-state index in [4.69, 9.17) is 5.73 Å². The molecule has 0 spiro atoms. The SMILES string of the molecule is CC(=O)c1cc(C)c(Br)c(N)c1. The second-order valence-electron chi connectivity index (χ2n) is 2.75. The van der Waals surface area contributed by atoms with Crippen LogP contribution in [-0.2, 0) is 0 Å². The maximum atomic E-state index is 11.0. The lowest BCUT2D eigenvalue weighted by Crippen LogP contribution is -1.97. The normalized spacial score (nSPS) is 9.92. The fraction of sp³-hybridized carbons (Fsp3) is 0.222. The molecule has 0 fully saturated rings. The number of nitrogens with two attached hydrogens (primary N) is 1. The van der Waals surface area contributed by atoms with Crippen molar-refractivity contribution < 1.29 is 4.79 Å². The summed E-state index contributed by atoms with van der Waals surface area (Å²) in [6.07, 6.45) is 0. The number of hydrogen-bond acceptors (Lipinski definition) is 2. The van der Waals surface area contributed by atoms with Crippen molar-refractivity contribution >= 4 is 27.4 Å². The van der Waals surface area contributed by atoms with Gasteiger partial charge in [0.05, 0.1) is 0 Å². The molecular formula is C9H10BrNO. The number of Topliss-reactive ketones (excluding diaryl/α,β-unsaturated/α-hetero) is 1. The molecule has 0 atom stereocenters. The van der Waals surface area contributed by atoms with Gasteiger partial charge in [-0.2, -0.15) is 0 Å². The topological polar surface area (TPSA) is 43.1 Å². The molecule has 0 unspecified atom stereocenters. The summed E-state index contributed by atoms with van der Waals surface area (Å²) in [5, 5.41) is 0. The van der Waals surface area contributed by atoms with E-state index in [0.717, 1.165) is 10.0 Å². The van der Waals surface area contributed by atoms with Gasteiger partial charge in [0.2, 0.25) is 0 Å². The summed E-state index contributed by atoms with van der Waals surface area (Å²) in [6.45, 7) is 3.44. The van der Waals surface area contributed by atoms with Crippen LogP contribution in [-0.4, -0.2) is 5.78 Å². The monoisotopic (exact) mass is 227 g/mol. The summed E-state index contributed by atoms with van der Waals surface area (Å²) in [4.78, 5) is 11.0. The third kappa shape index (κ3) is 1.67. The lowest BCUT2D eigenvalue weighted by Gasteiger charge is -2.04. The highest BCUT2D eigenvalue weighted by Gasteiger charge is 2.05. The van der Waals surface area contributed by atoms with Crippen LogP contribution in [0.5, 0.6) is 0 Å². The van der Waals surface area contributed by atoms with Crippen molar-refractivity contribution in [3.63, 3.8) is 0 Å². The minimum Gasteiger partial charge on any atom is -0.398 e. The molecule has 0 aliphatic rings. The first-order chi connectivity index (χ1) is 5.52. The molecule has 0 heterocycles. The lowest BCUT2D eigenvalue weighted by molar-refractivity contribution is 0.101. The Morgan fingerprint density at radius 3 is 2.50 bits per heavy atom. The Hall–Kier alpha value is -0.830. The predicted molar refractivity (Wildman–Crippen MR) is 53.3 cm³/mol. The van der Waals surface area contributed by atoms with Crippen molar-refractivity contribution in [2.45, 2.75) is 13.8 Å². The van der Waals surface area contributed by atoms with Crippen LogP contribution in [0.1, 0.15) is 22.8 Å². The third-order valence-corrected chi connectivity index (χ3v) is 2.77. The van der Waals surface area contributed by atoms with Crippen molar-refractivity contribution in [3.05, 3.63) is 27.7 Å². The van der Waals surface area contributed by atoms with E-state index >= 15 is 0 Å². The summed E-state index contributed by atoms with van der Waals surface area (Å²) in [7, 11) is 0. The van der Waals surface area contributed by atoms with Gasteiger partial charge in [0.1, 0.15) is 0 Å². The summed E-state index contributed by atoms with van der Waals surface area (Å²) in [5.41, 5.74) is 7.92. The van der Waals surface area contributed by atoms with Crippen molar-refractivity contribution in [2.24, 2.45) is 0 Å². The number of benzene rings is 1. The smallest absolute Gasteiger partial charge is 0.159 e. The molecule has 0 radical (unpaired) electrons. The molecule has 0 aliphatic carbocycles. The molecule has 0 aromatic heterocycles. The predicted octanol–water partition coefficient (Wildman–Crippen LogP) is 2.54. The van der Waals surface area contributed by atoms with Crippen LogP contribution in [0, 0.1) is 6.92 Å². The molecule has 0 saturated heterocycles. The van der Waals surface area contributed by atoms with E-state index < -0.39 is 0 Å².